The van der Waals surface area contributed by atoms with E-state index < -0.39 is 0 Å². The second kappa shape index (κ2) is 6.21. The van der Waals surface area contributed by atoms with Gasteiger partial charge in [-0.05, 0) is 18.9 Å². The fraction of sp³-hybridized carbons (Fsp3) is 0.917. The largest absolute Gasteiger partial charge is 0.469 e. The van der Waals surface area contributed by atoms with Crippen LogP contribution in [0.5, 0.6) is 0 Å². The van der Waals surface area contributed by atoms with Gasteiger partial charge in [-0.2, -0.15) is 0 Å². The number of hydrogen-bond acceptors (Lipinski definition) is 4. The van der Waals surface area contributed by atoms with Crippen molar-refractivity contribution in [2.45, 2.75) is 32.7 Å². The monoisotopic (exact) mass is 228 g/mol. The Balaban J connectivity index is 2.41. The quantitative estimate of drug-likeness (QED) is 0.725. The number of esters is 1. The van der Waals surface area contributed by atoms with Gasteiger partial charge in [-0.25, -0.2) is 0 Å². The first kappa shape index (κ1) is 13.5. The van der Waals surface area contributed by atoms with E-state index in [1.807, 2.05) is 6.92 Å². The molecule has 3 atom stereocenters. The summed E-state index contributed by atoms with van der Waals surface area (Å²) in [5, 5.41) is 0. The molecule has 94 valence electrons. The average Bonchev–Trinajstić information content (AvgIpc) is 2.30. The van der Waals surface area contributed by atoms with Crippen molar-refractivity contribution in [3.8, 4) is 0 Å². The first-order chi connectivity index (χ1) is 7.58. The SMILES string of the molecule is CCC1CN(CC(C)C(=O)OC)CCC1N. The zero-order valence-electron chi connectivity index (χ0n) is 10.6. The van der Waals surface area contributed by atoms with Gasteiger partial charge < -0.3 is 15.4 Å². The highest BCUT2D eigenvalue weighted by molar-refractivity contribution is 5.72. The van der Waals surface area contributed by atoms with Gasteiger partial charge in [-0.15, -0.1) is 0 Å². The lowest BCUT2D eigenvalue weighted by molar-refractivity contribution is -0.145. The summed E-state index contributed by atoms with van der Waals surface area (Å²) >= 11 is 0. The zero-order valence-corrected chi connectivity index (χ0v) is 10.6. The van der Waals surface area contributed by atoms with Gasteiger partial charge in [0.25, 0.3) is 0 Å². The normalized spacial score (nSPS) is 28.8. The maximum atomic E-state index is 11.3. The number of nitrogens with zero attached hydrogens (tertiary/aromatic N) is 1. The minimum Gasteiger partial charge on any atom is -0.469 e. The van der Waals surface area contributed by atoms with Gasteiger partial charge in [0.1, 0.15) is 0 Å². The molecule has 0 amide bonds. The van der Waals surface area contributed by atoms with Crippen LogP contribution in [0.25, 0.3) is 0 Å². The van der Waals surface area contributed by atoms with E-state index in [4.69, 9.17) is 10.5 Å². The standard InChI is InChI=1S/C12H24N2O2/c1-4-10-8-14(6-5-11(10)13)7-9(2)12(15)16-3/h9-11H,4-8,13H2,1-3H3. The Labute approximate surface area is 98.1 Å². The zero-order chi connectivity index (χ0) is 12.1. The molecule has 1 rings (SSSR count). The molecule has 0 spiro atoms. The number of nitrogens with two attached hydrogens (primary N) is 1. The lowest BCUT2D eigenvalue weighted by Gasteiger charge is -2.37. The van der Waals surface area contributed by atoms with Crippen LogP contribution in [0.3, 0.4) is 0 Å². The van der Waals surface area contributed by atoms with Crippen LogP contribution in [0.2, 0.25) is 0 Å². The fourth-order valence-corrected chi connectivity index (χ4v) is 2.39. The molecule has 16 heavy (non-hydrogen) atoms. The number of carbonyl (C=O) groups is 1. The Morgan fingerprint density at radius 3 is 2.88 bits per heavy atom. The Bertz CT molecular complexity index is 233. The summed E-state index contributed by atoms with van der Waals surface area (Å²) in [6.45, 7) is 6.90. The minimum absolute atomic E-state index is 0.0446. The summed E-state index contributed by atoms with van der Waals surface area (Å²) in [6.07, 6.45) is 2.15. The summed E-state index contributed by atoms with van der Waals surface area (Å²) in [7, 11) is 1.44. The van der Waals surface area contributed by atoms with E-state index in [0.717, 1.165) is 32.5 Å². The lowest BCUT2D eigenvalue weighted by Crippen LogP contribution is -2.48. The lowest BCUT2D eigenvalue weighted by atomic mass is 9.90. The molecule has 1 heterocycles. The Morgan fingerprint density at radius 2 is 2.31 bits per heavy atom. The van der Waals surface area contributed by atoms with Crippen molar-refractivity contribution >= 4 is 5.97 Å². The number of ether oxygens (including phenoxy) is 1. The molecule has 0 aromatic carbocycles. The van der Waals surface area contributed by atoms with Crippen LogP contribution in [0.4, 0.5) is 0 Å². The average molecular weight is 228 g/mol. The molecule has 0 aromatic heterocycles. The van der Waals surface area contributed by atoms with Crippen molar-refractivity contribution in [2.75, 3.05) is 26.7 Å². The second-order valence-corrected chi connectivity index (χ2v) is 4.80. The van der Waals surface area contributed by atoms with Crippen LogP contribution >= 0.6 is 0 Å². The van der Waals surface area contributed by atoms with Crippen LogP contribution in [-0.4, -0.2) is 43.7 Å². The molecular formula is C12H24N2O2. The van der Waals surface area contributed by atoms with Gasteiger partial charge in [0.05, 0.1) is 13.0 Å². The Kier molecular flexibility index (Phi) is 5.22. The van der Waals surface area contributed by atoms with Gasteiger partial charge in [0, 0.05) is 19.1 Å². The van der Waals surface area contributed by atoms with E-state index in [1.54, 1.807) is 0 Å². The van der Waals surface area contributed by atoms with E-state index in [2.05, 4.69) is 11.8 Å². The molecule has 2 N–H and O–H groups in total. The van der Waals surface area contributed by atoms with Crippen LogP contribution in [0.1, 0.15) is 26.7 Å². The molecular weight excluding hydrogens is 204 g/mol. The van der Waals surface area contributed by atoms with Crippen molar-refractivity contribution in [1.29, 1.82) is 0 Å². The molecule has 0 saturated carbocycles. The molecule has 4 heteroatoms. The van der Waals surface area contributed by atoms with Crippen LogP contribution in [-0.2, 0) is 9.53 Å². The van der Waals surface area contributed by atoms with E-state index in [9.17, 15) is 4.79 Å². The van der Waals surface area contributed by atoms with Gasteiger partial charge in [-0.3, -0.25) is 4.79 Å². The van der Waals surface area contributed by atoms with Gasteiger partial charge in [0.15, 0.2) is 0 Å². The first-order valence-electron chi connectivity index (χ1n) is 6.14. The molecule has 1 aliphatic heterocycles. The van der Waals surface area contributed by atoms with Crippen molar-refractivity contribution < 1.29 is 9.53 Å². The van der Waals surface area contributed by atoms with Crippen LogP contribution in [0, 0.1) is 11.8 Å². The van der Waals surface area contributed by atoms with E-state index in [-0.39, 0.29) is 11.9 Å². The highest BCUT2D eigenvalue weighted by atomic mass is 16.5. The summed E-state index contributed by atoms with van der Waals surface area (Å²) in [6, 6.07) is 0.328. The first-order valence-corrected chi connectivity index (χ1v) is 6.14. The topological polar surface area (TPSA) is 55.6 Å². The molecule has 1 aliphatic rings. The molecule has 3 unspecified atom stereocenters. The molecule has 1 fully saturated rings. The number of methoxy groups -OCH3 is 1. The Hall–Kier alpha value is -0.610. The van der Waals surface area contributed by atoms with Crippen LogP contribution in [0.15, 0.2) is 0 Å². The Morgan fingerprint density at radius 1 is 1.62 bits per heavy atom. The molecule has 0 aliphatic carbocycles. The molecule has 0 radical (unpaired) electrons. The number of piperidine rings is 1. The van der Waals surface area contributed by atoms with Crippen molar-refractivity contribution in [3.05, 3.63) is 0 Å². The van der Waals surface area contributed by atoms with E-state index >= 15 is 0 Å². The maximum Gasteiger partial charge on any atom is 0.309 e. The van der Waals surface area contributed by atoms with Crippen molar-refractivity contribution in [3.63, 3.8) is 0 Å². The van der Waals surface area contributed by atoms with Crippen molar-refractivity contribution in [2.24, 2.45) is 17.6 Å². The number of carbonyl (C=O) groups excluding carboxylic acids is 1. The van der Waals surface area contributed by atoms with Crippen molar-refractivity contribution in [1.82, 2.24) is 4.90 Å². The minimum atomic E-state index is -0.122. The molecule has 4 nitrogen and oxygen atoms in total. The fourth-order valence-electron chi connectivity index (χ4n) is 2.39. The van der Waals surface area contributed by atoms with E-state index in [0.29, 0.717) is 12.0 Å². The maximum absolute atomic E-state index is 11.3. The number of rotatable bonds is 4. The third-order valence-electron chi connectivity index (χ3n) is 3.54. The third kappa shape index (κ3) is 3.46. The predicted octanol–water partition coefficient (Wildman–Crippen LogP) is 0.855. The highest BCUT2D eigenvalue weighted by Gasteiger charge is 2.27. The van der Waals surface area contributed by atoms with Crippen LogP contribution < -0.4 is 5.73 Å². The number of hydrogen-bond donors (Lipinski definition) is 1. The molecule has 0 aromatic rings. The summed E-state index contributed by atoms with van der Waals surface area (Å²) in [4.78, 5) is 13.7. The molecule has 0 bridgehead atoms. The number of likely N-dealkylation sites (tertiary alicyclic amines) is 1. The van der Waals surface area contributed by atoms with Gasteiger partial charge in [-0.1, -0.05) is 20.3 Å². The van der Waals surface area contributed by atoms with Gasteiger partial charge >= 0.3 is 5.97 Å². The molecule has 1 saturated heterocycles. The highest BCUT2D eigenvalue weighted by Crippen LogP contribution is 2.19. The summed E-state index contributed by atoms with van der Waals surface area (Å²) in [5.41, 5.74) is 6.05. The van der Waals surface area contributed by atoms with Gasteiger partial charge in [0.2, 0.25) is 0 Å². The summed E-state index contributed by atoms with van der Waals surface area (Å²) < 4.78 is 4.74. The smallest absolute Gasteiger partial charge is 0.309 e. The second-order valence-electron chi connectivity index (χ2n) is 4.80. The van der Waals surface area contributed by atoms with E-state index in [1.165, 1.54) is 7.11 Å². The third-order valence-corrected chi connectivity index (χ3v) is 3.54. The predicted molar refractivity (Wildman–Crippen MR) is 64.0 cm³/mol. The summed E-state index contributed by atoms with van der Waals surface area (Å²) in [5.74, 6) is 0.401.